The second kappa shape index (κ2) is 9.26. The highest BCUT2D eigenvalue weighted by Crippen LogP contribution is 2.17. The molecule has 0 radical (unpaired) electrons. The van der Waals surface area contributed by atoms with Gasteiger partial charge in [0.05, 0.1) is 0 Å². The maximum atomic E-state index is 12.3. The summed E-state index contributed by atoms with van der Waals surface area (Å²) in [5.74, 6) is 0. The molecule has 0 aliphatic rings. The summed E-state index contributed by atoms with van der Waals surface area (Å²) in [7, 11) is 0. The van der Waals surface area contributed by atoms with Crippen molar-refractivity contribution in [2.75, 3.05) is 26.2 Å². The fourth-order valence-corrected chi connectivity index (χ4v) is 1.87. The quantitative estimate of drug-likeness (QED) is 0.677. The predicted octanol–water partition coefficient (Wildman–Crippen LogP) is 2.77. The van der Waals surface area contributed by atoms with Crippen LogP contribution in [0, 0.1) is 0 Å². The van der Waals surface area contributed by atoms with Crippen molar-refractivity contribution < 1.29 is 14.6 Å². The molecule has 21 heavy (non-hydrogen) atoms. The van der Waals surface area contributed by atoms with E-state index in [-0.39, 0.29) is 18.2 Å². The Kier molecular flexibility index (Phi) is 8.90. The standard InChI is InChI=1S/C16H34N2O3/c1-15(2,3)18(14(20)21-16(4,5)6)12-11-17-10-8-7-9-13-19/h17,19H,7-13H2,1-6H3. The second-order valence-corrected chi connectivity index (χ2v) is 7.34. The molecule has 0 aliphatic carbocycles. The summed E-state index contributed by atoms with van der Waals surface area (Å²) in [6.07, 6.45) is 2.66. The summed E-state index contributed by atoms with van der Waals surface area (Å²) in [5, 5.41) is 12.0. The fourth-order valence-electron chi connectivity index (χ4n) is 1.87. The van der Waals surface area contributed by atoms with E-state index in [0.29, 0.717) is 6.54 Å². The summed E-state index contributed by atoms with van der Waals surface area (Å²) in [6.45, 7) is 14.2. The molecule has 2 N–H and O–H groups in total. The molecular formula is C16H34N2O3. The highest BCUT2D eigenvalue weighted by atomic mass is 16.6. The van der Waals surface area contributed by atoms with Gasteiger partial charge in [0.1, 0.15) is 5.60 Å². The highest BCUT2D eigenvalue weighted by molar-refractivity contribution is 5.69. The van der Waals surface area contributed by atoms with Crippen LogP contribution in [0.15, 0.2) is 0 Å². The van der Waals surface area contributed by atoms with E-state index < -0.39 is 5.60 Å². The number of rotatable bonds is 8. The molecule has 0 fully saturated rings. The van der Waals surface area contributed by atoms with E-state index in [1.165, 1.54) is 0 Å². The molecule has 0 unspecified atom stereocenters. The van der Waals surface area contributed by atoms with Crippen LogP contribution in [0.5, 0.6) is 0 Å². The monoisotopic (exact) mass is 302 g/mol. The fraction of sp³-hybridized carbons (Fsp3) is 0.938. The van der Waals surface area contributed by atoms with Crippen molar-refractivity contribution in [2.45, 2.75) is 71.9 Å². The minimum absolute atomic E-state index is 0.260. The Morgan fingerprint density at radius 1 is 1.05 bits per heavy atom. The Labute approximate surface area is 130 Å². The van der Waals surface area contributed by atoms with Crippen molar-refractivity contribution in [1.29, 1.82) is 0 Å². The Morgan fingerprint density at radius 3 is 2.14 bits per heavy atom. The van der Waals surface area contributed by atoms with E-state index >= 15 is 0 Å². The van der Waals surface area contributed by atoms with Crippen LogP contribution >= 0.6 is 0 Å². The molecule has 5 heteroatoms. The zero-order chi connectivity index (χ0) is 16.5. The van der Waals surface area contributed by atoms with E-state index in [0.717, 1.165) is 32.4 Å². The van der Waals surface area contributed by atoms with Crippen molar-refractivity contribution in [3.8, 4) is 0 Å². The Hall–Kier alpha value is -0.810. The molecule has 5 nitrogen and oxygen atoms in total. The van der Waals surface area contributed by atoms with Crippen LogP contribution in [0.25, 0.3) is 0 Å². The van der Waals surface area contributed by atoms with Crippen LogP contribution in [0.2, 0.25) is 0 Å². The van der Waals surface area contributed by atoms with Gasteiger partial charge in [-0.1, -0.05) is 0 Å². The first kappa shape index (κ1) is 20.2. The van der Waals surface area contributed by atoms with Gasteiger partial charge < -0.3 is 20.1 Å². The number of nitrogens with one attached hydrogen (secondary N) is 1. The second-order valence-electron chi connectivity index (χ2n) is 7.34. The van der Waals surface area contributed by atoms with Gasteiger partial charge >= 0.3 is 6.09 Å². The molecule has 0 heterocycles. The van der Waals surface area contributed by atoms with Gasteiger partial charge in [-0.15, -0.1) is 0 Å². The van der Waals surface area contributed by atoms with Crippen LogP contribution < -0.4 is 5.32 Å². The molecule has 0 atom stereocenters. The first-order valence-electron chi connectivity index (χ1n) is 7.90. The molecule has 0 spiro atoms. The van der Waals surface area contributed by atoms with E-state index in [9.17, 15) is 4.79 Å². The number of unbranched alkanes of at least 4 members (excludes halogenated alkanes) is 2. The topological polar surface area (TPSA) is 61.8 Å². The molecule has 1 amide bonds. The number of carbonyl (C=O) groups is 1. The summed E-state index contributed by atoms with van der Waals surface area (Å²) in [4.78, 5) is 14.0. The molecule has 0 aromatic carbocycles. The smallest absolute Gasteiger partial charge is 0.410 e. The zero-order valence-corrected chi connectivity index (χ0v) is 14.7. The van der Waals surface area contributed by atoms with Gasteiger partial charge in [0.15, 0.2) is 0 Å². The SMILES string of the molecule is CC(C)(C)OC(=O)N(CCNCCCCCO)C(C)(C)C. The van der Waals surface area contributed by atoms with Gasteiger partial charge in [0.25, 0.3) is 0 Å². The number of ether oxygens (including phenoxy) is 1. The summed E-state index contributed by atoms with van der Waals surface area (Å²) in [6, 6.07) is 0. The number of hydrogen-bond donors (Lipinski definition) is 2. The van der Waals surface area contributed by atoms with Gasteiger partial charge in [-0.05, 0) is 67.3 Å². The maximum absolute atomic E-state index is 12.3. The van der Waals surface area contributed by atoms with Crippen LogP contribution in [0.4, 0.5) is 4.79 Å². The number of nitrogens with zero attached hydrogens (tertiary/aromatic N) is 1. The largest absolute Gasteiger partial charge is 0.444 e. The van der Waals surface area contributed by atoms with Gasteiger partial charge in [-0.2, -0.15) is 0 Å². The molecule has 0 aliphatic heterocycles. The van der Waals surface area contributed by atoms with Gasteiger partial charge in [-0.3, -0.25) is 0 Å². The van der Waals surface area contributed by atoms with Crippen molar-refractivity contribution in [1.82, 2.24) is 10.2 Å². The van der Waals surface area contributed by atoms with E-state index in [1.807, 2.05) is 41.5 Å². The zero-order valence-electron chi connectivity index (χ0n) is 14.7. The van der Waals surface area contributed by atoms with E-state index in [2.05, 4.69) is 5.32 Å². The first-order chi connectivity index (χ1) is 9.58. The van der Waals surface area contributed by atoms with Crippen LogP contribution in [0.3, 0.4) is 0 Å². The minimum Gasteiger partial charge on any atom is -0.444 e. The number of amides is 1. The van der Waals surface area contributed by atoms with Crippen LogP contribution in [0.1, 0.15) is 60.8 Å². The van der Waals surface area contributed by atoms with Gasteiger partial charge in [0.2, 0.25) is 0 Å². The average molecular weight is 302 g/mol. The van der Waals surface area contributed by atoms with E-state index in [4.69, 9.17) is 9.84 Å². The number of hydrogen-bond acceptors (Lipinski definition) is 4. The molecule has 0 rings (SSSR count). The van der Waals surface area contributed by atoms with Crippen LogP contribution in [-0.4, -0.2) is 53.5 Å². The van der Waals surface area contributed by atoms with Crippen LogP contribution in [-0.2, 0) is 4.74 Å². The van der Waals surface area contributed by atoms with Crippen molar-refractivity contribution in [2.24, 2.45) is 0 Å². The lowest BCUT2D eigenvalue weighted by molar-refractivity contribution is 0.00665. The highest BCUT2D eigenvalue weighted by Gasteiger charge is 2.30. The Bertz CT molecular complexity index is 293. The summed E-state index contributed by atoms with van der Waals surface area (Å²) >= 11 is 0. The summed E-state index contributed by atoms with van der Waals surface area (Å²) < 4.78 is 5.47. The Morgan fingerprint density at radius 2 is 1.67 bits per heavy atom. The Balaban J connectivity index is 4.18. The molecule has 0 saturated carbocycles. The lowest BCUT2D eigenvalue weighted by atomic mass is 10.1. The summed E-state index contributed by atoms with van der Waals surface area (Å²) in [5.41, 5.74) is -0.737. The normalized spacial score (nSPS) is 12.3. The third-order valence-corrected chi connectivity index (χ3v) is 2.95. The van der Waals surface area contributed by atoms with E-state index in [1.54, 1.807) is 4.90 Å². The van der Waals surface area contributed by atoms with Crippen molar-refractivity contribution in [3.63, 3.8) is 0 Å². The van der Waals surface area contributed by atoms with Crippen molar-refractivity contribution in [3.05, 3.63) is 0 Å². The average Bonchev–Trinajstić information content (AvgIpc) is 2.28. The van der Waals surface area contributed by atoms with Gasteiger partial charge in [-0.25, -0.2) is 4.79 Å². The lowest BCUT2D eigenvalue weighted by Crippen LogP contribution is -2.50. The minimum atomic E-state index is -0.474. The third kappa shape index (κ3) is 10.5. The predicted molar refractivity (Wildman–Crippen MR) is 86.5 cm³/mol. The molecule has 126 valence electrons. The maximum Gasteiger partial charge on any atom is 0.410 e. The van der Waals surface area contributed by atoms with Gasteiger partial charge in [0, 0.05) is 25.2 Å². The molecule has 0 bridgehead atoms. The number of carbonyl (C=O) groups excluding carboxylic acids is 1. The number of aliphatic hydroxyl groups excluding tert-OH is 1. The number of aliphatic hydroxyl groups is 1. The van der Waals surface area contributed by atoms with Crippen molar-refractivity contribution >= 4 is 6.09 Å². The third-order valence-electron chi connectivity index (χ3n) is 2.95. The molecular weight excluding hydrogens is 268 g/mol. The molecule has 0 saturated heterocycles. The molecule has 0 aromatic heterocycles. The lowest BCUT2D eigenvalue weighted by Gasteiger charge is -2.36. The molecule has 0 aromatic rings. The first-order valence-corrected chi connectivity index (χ1v) is 7.90.